The molecule has 0 saturated carbocycles. The number of para-hydroxylation sites is 2. The van der Waals surface area contributed by atoms with E-state index >= 15 is 0 Å². The van der Waals surface area contributed by atoms with Gasteiger partial charge in [0.2, 0.25) is 0 Å². The van der Waals surface area contributed by atoms with Crippen LogP contribution in [-0.2, 0) is 0 Å². The minimum Gasteiger partial charge on any atom is -0.309 e. The van der Waals surface area contributed by atoms with Gasteiger partial charge in [0, 0.05) is 63.5 Å². The molecular formula is C46H28N2S2. The first-order valence-corrected chi connectivity index (χ1v) is 18.6. The van der Waals surface area contributed by atoms with Crippen molar-refractivity contribution in [2.24, 2.45) is 0 Å². The zero-order chi connectivity index (χ0) is 32.8. The van der Waals surface area contributed by atoms with Gasteiger partial charge in [-0.2, -0.15) is 0 Å². The maximum absolute atomic E-state index is 2.47. The van der Waals surface area contributed by atoms with Crippen LogP contribution in [0.1, 0.15) is 0 Å². The maximum atomic E-state index is 2.47. The van der Waals surface area contributed by atoms with Crippen LogP contribution in [0.5, 0.6) is 0 Å². The van der Waals surface area contributed by atoms with E-state index in [2.05, 4.69) is 179 Å². The third-order valence-electron chi connectivity index (χ3n) is 10.1. The van der Waals surface area contributed by atoms with Gasteiger partial charge in [-0.3, -0.25) is 0 Å². The van der Waals surface area contributed by atoms with Crippen LogP contribution in [0.3, 0.4) is 0 Å². The molecule has 3 aromatic heterocycles. The topological polar surface area (TPSA) is 8.17 Å². The molecule has 0 aliphatic heterocycles. The highest BCUT2D eigenvalue weighted by molar-refractivity contribution is 7.26. The van der Waals surface area contributed by atoms with Crippen molar-refractivity contribution in [1.29, 1.82) is 0 Å². The molecule has 0 fully saturated rings. The fourth-order valence-corrected chi connectivity index (χ4v) is 10.2. The first kappa shape index (κ1) is 28.0. The second-order valence-electron chi connectivity index (χ2n) is 13.0. The predicted molar refractivity (Wildman–Crippen MR) is 219 cm³/mol. The molecule has 0 radical (unpaired) electrons. The highest BCUT2D eigenvalue weighted by Crippen LogP contribution is 2.47. The average molecular weight is 673 g/mol. The lowest BCUT2D eigenvalue weighted by atomic mass is 10.0. The average Bonchev–Trinajstić information content (AvgIpc) is 3.84. The van der Waals surface area contributed by atoms with Crippen LogP contribution in [0.25, 0.3) is 78.6 Å². The van der Waals surface area contributed by atoms with Gasteiger partial charge in [0.1, 0.15) is 0 Å². The SMILES string of the molecule is c1ccc(-n2c3ccccc3c3cc(N(c4ccc5cc6sc7ccccc7c6cc5c4)c4cccc5c4sc4ccccc45)ccc32)cc1. The Labute approximate surface area is 296 Å². The Morgan fingerprint density at radius 1 is 0.380 bits per heavy atom. The highest BCUT2D eigenvalue weighted by Gasteiger charge is 2.21. The van der Waals surface area contributed by atoms with Gasteiger partial charge in [0.05, 0.1) is 21.4 Å². The Balaban J connectivity index is 1.19. The molecular weight excluding hydrogens is 645 g/mol. The summed E-state index contributed by atoms with van der Waals surface area (Å²) >= 11 is 3.75. The molecule has 2 nitrogen and oxygen atoms in total. The summed E-state index contributed by atoms with van der Waals surface area (Å²) in [6.45, 7) is 0. The standard InChI is InChI=1S/C46H28N2S2/c1-2-11-31(12-3-1)48-40-17-7-4-13-34(40)38-28-33(23-24-41(38)48)47(42-18-10-16-37-35-14-5-9-20-44(35)50-46(37)42)32-22-21-29-27-45-39(26-30(29)25-32)36-15-6-8-19-43(36)49-45/h1-28H. The molecule has 0 spiro atoms. The molecule has 234 valence electrons. The van der Waals surface area contributed by atoms with Crippen LogP contribution < -0.4 is 4.90 Å². The van der Waals surface area contributed by atoms with E-state index in [-0.39, 0.29) is 0 Å². The number of hydrogen-bond donors (Lipinski definition) is 0. The summed E-state index contributed by atoms with van der Waals surface area (Å²) in [7, 11) is 0. The molecule has 0 aliphatic rings. The molecule has 11 aromatic rings. The molecule has 11 rings (SSSR count). The van der Waals surface area contributed by atoms with E-state index in [4.69, 9.17) is 0 Å². The number of anilines is 3. The molecule has 0 aliphatic carbocycles. The van der Waals surface area contributed by atoms with Gasteiger partial charge in [-0.1, -0.05) is 91.0 Å². The monoisotopic (exact) mass is 672 g/mol. The van der Waals surface area contributed by atoms with Crippen molar-refractivity contribution in [2.45, 2.75) is 0 Å². The number of hydrogen-bond acceptors (Lipinski definition) is 3. The Bertz CT molecular complexity index is 3110. The van der Waals surface area contributed by atoms with Gasteiger partial charge < -0.3 is 9.47 Å². The number of fused-ring (bicyclic) bond motifs is 10. The Kier molecular flexibility index (Phi) is 6.03. The first-order valence-electron chi connectivity index (χ1n) is 16.9. The zero-order valence-electron chi connectivity index (χ0n) is 26.9. The Hall–Kier alpha value is -5.94. The van der Waals surface area contributed by atoms with Crippen LogP contribution in [0.15, 0.2) is 170 Å². The second-order valence-corrected chi connectivity index (χ2v) is 15.1. The van der Waals surface area contributed by atoms with E-state index in [1.54, 1.807) is 0 Å². The normalized spacial score (nSPS) is 12.0. The van der Waals surface area contributed by atoms with Crippen LogP contribution in [0, 0.1) is 0 Å². The van der Waals surface area contributed by atoms with Crippen molar-refractivity contribution in [1.82, 2.24) is 4.57 Å². The van der Waals surface area contributed by atoms with E-state index in [0.29, 0.717) is 0 Å². The second kappa shape index (κ2) is 10.8. The fraction of sp³-hybridized carbons (Fsp3) is 0. The number of rotatable bonds is 4. The van der Waals surface area contributed by atoms with Crippen molar-refractivity contribution < 1.29 is 0 Å². The van der Waals surface area contributed by atoms with Crippen molar-refractivity contribution in [3.63, 3.8) is 0 Å². The molecule has 0 bridgehead atoms. The predicted octanol–water partition coefficient (Wildman–Crippen LogP) is 14.1. The van der Waals surface area contributed by atoms with E-state index in [9.17, 15) is 0 Å². The van der Waals surface area contributed by atoms with Gasteiger partial charge in [-0.15, -0.1) is 22.7 Å². The number of thiophene rings is 2. The third kappa shape index (κ3) is 4.13. The quantitative estimate of drug-likeness (QED) is 0.181. The summed E-state index contributed by atoms with van der Waals surface area (Å²) < 4.78 is 7.65. The lowest BCUT2D eigenvalue weighted by Gasteiger charge is -2.26. The molecule has 3 heterocycles. The molecule has 0 saturated heterocycles. The van der Waals surface area contributed by atoms with E-state index < -0.39 is 0 Å². The molecule has 0 unspecified atom stereocenters. The molecule has 4 heteroatoms. The molecule has 50 heavy (non-hydrogen) atoms. The number of nitrogens with zero attached hydrogens (tertiary/aromatic N) is 2. The molecule has 8 aromatic carbocycles. The summed E-state index contributed by atoms with van der Waals surface area (Å²) in [5.74, 6) is 0. The van der Waals surface area contributed by atoms with Crippen molar-refractivity contribution in [2.75, 3.05) is 4.90 Å². The van der Waals surface area contributed by atoms with Crippen LogP contribution in [0.2, 0.25) is 0 Å². The molecule has 0 amide bonds. The third-order valence-corrected chi connectivity index (χ3v) is 12.5. The van der Waals surface area contributed by atoms with Crippen LogP contribution >= 0.6 is 22.7 Å². The summed E-state index contributed by atoms with van der Waals surface area (Å²) in [5.41, 5.74) is 7.05. The highest BCUT2D eigenvalue weighted by atomic mass is 32.1. The lowest BCUT2D eigenvalue weighted by Crippen LogP contribution is -2.10. The summed E-state index contributed by atoms with van der Waals surface area (Å²) in [6.07, 6.45) is 0. The summed E-state index contributed by atoms with van der Waals surface area (Å²) in [6, 6.07) is 62.5. The maximum Gasteiger partial charge on any atom is 0.0640 e. The Morgan fingerprint density at radius 2 is 1.04 bits per heavy atom. The largest absolute Gasteiger partial charge is 0.309 e. The van der Waals surface area contributed by atoms with Crippen molar-refractivity contribution >= 4 is 113 Å². The van der Waals surface area contributed by atoms with Gasteiger partial charge >= 0.3 is 0 Å². The summed E-state index contributed by atoms with van der Waals surface area (Å²) in [4.78, 5) is 2.47. The van der Waals surface area contributed by atoms with Gasteiger partial charge in [0.15, 0.2) is 0 Å². The molecule has 0 N–H and O–H groups in total. The first-order chi connectivity index (χ1) is 24.8. The van der Waals surface area contributed by atoms with Gasteiger partial charge in [-0.25, -0.2) is 0 Å². The van der Waals surface area contributed by atoms with Gasteiger partial charge in [-0.05, 0) is 89.6 Å². The number of benzene rings is 8. The molecule has 0 atom stereocenters. The van der Waals surface area contributed by atoms with E-state index in [1.807, 2.05) is 22.7 Å². The minimum absolute atomic E-state index is 1.14. The minimum atomic E-state index is 1.14. The van der Waals surface area contributed by atoms with E-state index in [1.165, 1.54) is 84.3 Å². The zero-order valence-corrected chi connectivity index (χ0v) is 28.5. The smallest absolute Gasteiger partial charge is 0.0640 e. The van der Waals surface area contributed by atoms with Crippen molar-refractivity contribution in [3.8, 4) is 5.69 Å². The van der Waals surface area contributed by atoms with Gasteiger partial charge in [0.25, 0.3) is 0 Å². The van der Waals surface area contributed by atoms with E-state index in [0.717, 1.165) is 11.4 Å². The van der Waals surface area contributed by atoms with Crippen molar-refractivity contribution in [3.05, 3.63) is 170 Å². The fourth-order valence-electron chi connectivity index (χ4n) is 7.89. The Morgan fingerprint density at radius 3 is 1.90 bits per heavy atom. The lowest BCUT2D eigenvalue weighted by molar-refractivity contribution is 1.18. The number of aromatic nitrogens is 1. The van der Waals surface area contributed by atoms with Crippen LogP contribution in [0.4, 0.5) is 17.1 Å². The summed E-state index contributed by atoms with van der Waals surface area (Å²) in [5, 5.41) is 10.2. The van der Waals surface area contributed by atoms with Crippen LogP contribution in [-0.4, -0.2) is 4.57 Å².